The molecule has 0 radical (unpaired) electrons. The molecule has 2 heterocycles. The van der Waals surface area contributed by atoms with Gasteiger partial charge in [-0.05, 0) is 54.8 Å². The highest BCUT2D eigenvalue weighted by atomic mass is 19.1. The Kier molecular flexibility index (Phi) is 4.58. The number of hydrogen-bond donors (Lipinski definition) is 2. The fourth-order valence-corrected chi connectivity index (χ4v) is 3.84. The van der Waals surface area contributed by atoms with Gasteiger partial charge >= 0.3 is 0 Å². The summed E-state index contributed by atoms with van der Waals surface area (Å²) in [7, 11) is 0. The summed E-state index contributed by atoms with van der Waals surface area (Å²) >= 11 is 0. The molecule has 6 nitrogen and oxygen atoms in total. The maximum Gasteiger partial charge on any atom is 0.232 e. The normalized spacial score (nSPS) is 18.6. The number of hydrogen-bond acceptors (Lipinski definition) is 3. The highest BCUT2D eigenvalue weighted by Gasteiger charge is 2.31. The van der Waals surface area contributed by atoms with Crippen molar-refractivity contribution in [3.63, 3.8) is 0 Å². The first-order valence-corrected chi connectivity index (χ1v) is 9.23. The van der Waals surface area contributed by atoms with E-state index in [1.165, 1.54) is 18.2 Å². The van der Waals surface area contributed by atoms with E-state index in [1.807, 2.05) is 19.1 Å². The van der Waals surface area contributed by atoms with Crippen LogP contribution in [0.4, 0.5) is 21.5 Å². The molecule has 2 aromatic rings. The molecule has 0 bridgehead atoms. The summed E-state index contributed by atoms with van der Waals surface area (Å²) in [6.45, 7) is 2.60. The van der Waals surface area contributed by atoms with Crippen LogP contribution in [0.3, 0.4) is 0 Å². The van der Waals surface area contributed by atoms with E-state index < -0.39 is 11.7 Å². The first-order valence-electron chi connectivity index (χ1n) is 9.23. The van der Waals surface area contributed by atoms with Crippen LogP contribution in [0.15, 0.2) is 36.4 Å². The van der Waals surface area contributed by atoms with Gasteiger partial charge in [-0.25, -0.2) is 4.39 Å². The van der Waals surface area contributed by atoms with Crippen LogP contribution in [0.1, 0.15) is 36.3 Å². The third kappa shape index (κ3) is 3.35. The van der Waals surface area contributed by atoms with Gasteiger partial charge in [0.05, 0.1) is 5.92 Å². The second-order valence-corrected chi connectivity index (χ2v) is 7.18. The number of benzene rings is 2. The van der Waals surface area contributed by atoms with Gasteiger partial charge < -0.3 is 15.5 Å². The van der Waals surface area contributed by atoms with Crippen LogP contribution >= 0.6 is 0 Å². The minimum atomic E-state index is -0.690. The van der Waals surface area contributed by atoms with Crippen molar-refractivity contribution < 1.29 is 18.8 Å². The van der Waals surface area contributed by atoms with Gasteiger partial charge in [-0.3, -0.25) is 14.4 Å². The van der Waals surface area contributed by atoms with E-state index in [-0.39, 0.29) is 24.1 Å². The smallest absolute Gasteiger partial charge is 0.232 e. The first-order chi connectivity index (χ1) is 13.4. The number of halogens is 1. The fourth-order valence-electron chi connectivity index (χ4n) is 3.84. The summed E-state index contributed by atoms with van der Waals surface area (Å²) in [5.74, 6) is -1.70. The largest absolute Gasteiger partial charge is 0.326 e. The van der Waals surface area contributed by atoms with E-state index in [0.29, 0.717) is 29.9 Å². The van der Waals surface area contributed by atoms with Gasteiger partial charge in [-0.2, -0.15) is 0 Å². The third-order valence-corrected chi connectivity index (χ3v) is 5.20. The highest BCUT2D eigenvalue weighted by Crippen LogP contribution is 2.34. The van der Waals surface area contributed by atoms with Crippen molar-refractivity contribution in [2.24, 2.45) is 0 Å². The zero-order valence-electron chi connectivity index (χ0n) is 15.4. The zero-order chi connectivity index (χ0) is 19.8. The lowest BCUT2D eigenvalue weighted by Crippen LogP contribution is -2.31. The average molecular weight is 381 g/mol. The molecule has 0 unspecified atom stereocenters. The Bertz CT molecular complexity index is 989. The van der Waals surface area contributed by atoms with Gasteiger partial charge in [0, 0.05) is 36.4 Å². The molecule has 0 spiro atoms. The number of rotatable bonds is 3. The molecule has 2 N–H and O–H groups in total. The molecule has 2 aliphatic heterocycles. The van der Waals surface area contributed by atoms with Crippen molar-refractivity contribution in [3.05, 3.63) is 53.3 Å². The zero-order valence-corrected chi connectivity index (χ0v) is 15.4. The van der Waals surface area contributed by atoms with Crippen LogP contribution < -0.4 is 15.5 Å². The molecule has 144 valence electrons. The number of carbonyl (C=O) groups excluding carboxylic acids is 3. The molecule has 2 aliphatic rings. The van der Waals surface area contributed by atoms with Crippen LogP contribution in [0, 0.1) is 12.7 Å². The first kappa shape index (κ1) is 18.2. The quantitative estimate of drug-likeness (QED) is 0.856. The molecule has 1 saturated heterocycles. The van der Waals surface area contributed by atoms with E-state index in [2.05, 4.69) is 10.6 Å². The summed E-state index contributed by atoms with van der Waals surface area (Å²) in [6.07, 6.45) is 1.41. The van der Waals surface area contributed by atoms with Crippen LogP contribution in [-0.2, 0) is 14.4 Å². The Hall–Kier alpha value is -3.22. The summed E-state index contributed by atoms with van der Waals surface area (Å²) < 4.78 is 13.5. The Morgan fingerprint density at radius 3 is 2.75 bits per heavy atom. The maximum absolute atomic E-state index is 13.5. The number of aryl methyl sites for hydroxylation is 1. The van der Waals surface area contributed by atoms with Gasteiger partial charge in [0.2, 0.25) is 17.7 Å². The lowest BCUT2D eigenvalue weighted by Gasteiger charge is -2.25. The fraction of sp³-hybridized carbons (Fsp3) is 0.286. The average Bonchev–Trinajstić information content (AvgIpc) is 3.06. The molecular weight excluding hydrogens is 361 g/mol. The Morgan fingerprint density at radius 2 is 2.04 bits per heavy atom. The molecule has 28 heavy (non-hydrogen) atoms. The minimum Gasteiger partial charge on any atom is -0.326 e. The molecule has 0 saturated carbocycles. The molecule has 1 atom stereocenters. The van der Waals surface area contributed by atoms with Crippen LogP contribution in [0.2, 0.25) is 0 Å². The summed E-state index contributed by atoms with van der Waals surface area (Å²) in [4.78, 5) is 38.5. The van der Waals surface area contributed by atoms with Crippen LogP contribution in [0.5, 0.6) is 0 Å². The summed E-state index contributed by atoms with van der Waals surface area (Å²) in [5, 5.41) is 5.45. The number of anilines is 3. The standard InChI is InChI=1S/C21H20FN3O3/c1-12-9-14(5-7-18(12)25-8-2-3-20(25)27)23-21(28)16-11-19(26)24-17-10-13(22)4-6-15(16)17/h4-7,9-10,16H,2-3,8,11H2,1H3,(H,23,28)(H,24,26)/t16-/m0/s1. The summed E-state index contributed by atoms with van der Waals surface area (Å²) in [6, 6.07) is 9.42. The number of carbonyl (C=O) groups is 3. The summed E-state index contributed by atoms with van der Waals surface area (Å²) in [5.41, 5.74) is 3.24. The Balaban J connectivity index is 1.55. The van der Waals surface area contributed by atoms with Crippen molar-refractivity contribution in [2.45, 2.75) is 32.1 Å². The van der Waals surface area contributed by atoms with Crippen LogP contribution in [0.25, 0.3) is 0 Å². The molecule has 3 amide bonds. The van der Waals surface area contributed by atoms with Gasteiger partial charge in [-0.15, -0.1) is 0 Å². The van der Waals surface area contributed by atoms with Crippen molar-refractivity contribution in [3.8, 4) is 0 Å². The molecule has 4 rings (SSSR count). The Morgan fingerprint density at radius 1 is 1.21 bits per heavy atom. The second-order valence-electron chi connectivity index (χ2n) is 7.18. The van der Waals surface area contributed by atoms with E-state index >= 15 is 0 Å². The van der Waals surface area contributed by atoms with E-state index in [1.54, 1.807) is 11.0 Å². The van der Waals surface area contributed by atoms with Gasteiger partial charge in [0.1, 0.15) is 5.82 Å². The maximum atomic E-state index is 13.5. The molecule has 7 heteroatoms. The van der Waals surface area contributed by atoms with E-state index in [4.69, 9.17) is 0 Å². The van der Waals surface area contributed by atoms with E-state index in [0.717, 1.165) is 17.7 Å². The van der Waals surface area contributed by atoms with Crippen LogP contribution in [-0.4, -0.2) is 24.3 Å². The molecule has 0 aliphatic carbocycles. The third-order valence-electron chi connectivity index (χ3n) is 5.20. The Labute approximate surface area is 161 Å². The number of nitrogens with zero attached hydrogens (tertiary/aromatic N) is 1. The van der Waals surface area contributed by atoms with Crippen molar-refractivity contribution in [1.29, 1.82) is 0 Å². The minimum absolute atomic E-state index is 0.00378. The van der Waals surface area contributed by atoms with Gasteiger partial charge in [0.15, 0.2) is 0 Å². The van der Waals surface area contributed by atoms with E-state index in [9.17, 15) is 18.8 Å². The molecule has 0 aromatic heterocycles. The second kappa shape index (κ2) is 7.07. The lowest BCUT2D eigenvalue weighted by atomic mass is 9.89. The number of amides is 3. The van der Waals surface area contributed by atoms with Crippen molar-refractivity contribution >= 4 is 34.8 Å². The lowest BCUT2D eigenvalue weighted by molar-refractivity contribution is -0.123. The topological polar surface area (TPSA) is 78.5 Å². The number of fused-ring (bicyclic) bond motifs is 1. The molecular formula is C21H20FN3O3. The predicted molar refractivity (Wildman–Crippen MR) is 104 cm³/mol. The van der Waals surface area contributed by atoms with Crippen molar-refractivity contribution in [1.82, 2.24) is 0 Å². The van der Waals surface area contributed by atoms with Gasteiger partial charge in [0.25, 0.3) is 0 Å². The monoisotopic (exact) mass is 381 g/mol. The highest BCUT2D eigenvalue weighted by molar-refractivity contribution is 6.05. The predicted octanol–water partition coefficient (Wildman–Crippen LogP) is 3.33. The van der Waals surface area contributed by atoms with Gasteiger partial charge in [-0.1, -0.05) is 6.07 Å². The molecule has 1 fully saturated rings. The SMILES string of the molecule is Cc1cc(NC(=O)[C@H]2CC(=O)Nc3cc(F)ccc32)ccc1N1CCCC1=O. The number of nitrogens with one attached hydrogen (secondary N) is 2. The molecule has 2 aromatic carbocycles. The van der Waals surface area contributed by atoms with Crippen molar-refractivity contribution in [2.75, 3.05) is 22.1 Å².